The van der Waals surface area contributed by atoms with Crippen molar-refractivity contribution in [2.24, 2.45) is 0 Å². The maximum Gasteiger partial charge on any atom is 0.242 e. The number of nitrogens with zero attached hydrogens (tertiary/aromatic N) is 5. The third-order valence-electron chi connectivity index (χ3n) is 2.65. The van der Waals surface area contributed by atoms with E-state index in [4.69, 9.17) is 0 Å². The number of anilines is 1. The number of rotatable bonds is 5. The smallest absolute Gasteiger partial charge is 0.242 e. The standard InChI is InChI=1S/C13H18N6O/c1-10-7-12(18(2)3)17-11(16-10)8-14-13(20)9-19-6-4-5-15-19/h4-7H,8-9H2,1-3H3,(H,14,20). The number of nitrogens with one attached hydrogen (secondary N) is 1. The van der Waals surface area contributed by atoms with Gasteiger partial charge in [-0.1, -0.05) is 0 Å². The van der Waals surface area contributed by atoms with Crippen molar-refractivity contribution in [1.82, 2.24) is 25.1 Å². The first-order valence-corrected chi connectivity index (χ1v) is 6.30. The van der Waals surface area contributed by atoms with E-state index in [1.54, 1.807) is 23.1 Å². The fourth-order valence-corrected chi connectivity index (χ4v) is 1.69. The van der Waals surface area contributed by atoms with Crippen LogP contribution in [0.1, 0.15) is 11.5 Å². The molecular formula is C13H18N6O. The van der Waals surface area contributed by atoms with E-state index in [9.17, 15) is 4.79 Å². The van der Waals surface area contributed by atoms with Crippen LogP contribution in [-0.2, 0) is 17.9 Å². The highest BCUT2D eigenvalue weighted by atomic mass is 16.2. The lowest BCUT2D eigenvalue weighted by Crippen LogP contribution is -2.28. The minimum Gasteiger partial charge on any atom is -0.363 e. The van der Waals surface area contributed by atoms with Gasteiger partial charge in [0.05, 0.1) is 6.54 Å². The van der Waals surface area contributed by atoms with Gasteiger partial charge in [0.25, 0.3) is 0 Å². The Balaban J connectivity index is 1.95. The first kappa shape index (κ1) is 14.0. The summed E-state index contributed by atoms with van der Waals surface area (Å²) in [5.41, 5.74) is 0.875. The Hall–Kier alpha value is -2.44. The third kappa shape index (κ3) is 3.78. The summed E-state index contributed by atoms with van der Waals surface area (Å²) in [7, 11) is 3.84. The second-order valence-corrected chi connectivity index (χ2v) is 4.66. The first-order valence-electron chi connectivity index (χ1n) is 6.30. The van der Waals surface area contributed by atoms with E-state index in [1.807, 2.05) is 32.0 Å². The maximum atomic E-state index is 11.7. The van der Waals surface area contributed by atoms with Crippen molar-refractivity contribution in [2.75, 3.05) is 19.0 Å². The van der Waals surface area contributed by atoms with Crippen LogP contribution in [-0.4, -0.2) is 39.8 Å². The van der Waals surface area contributed by atoms with Gasteiger partial charge in [0, 0.05) is 38.2 Å². The van der Waals surface area contributed by atoms with Crippen LogP contribution in [0.25, 0.3) is 0 Å². The Morgan fingerprint density at radius 2 is 2.20 bits per heavy atom. The first-order chi connectivity index (χ1) is 9.54. The second kappa shape index (κ2) is 6.14. The Morgan fingerprint density at radius 3 is 2.85 bits per heavy atom. The summed E-state index contributed by atoms with van der Waals surface area (Å²) < 4.78 is 1.57. The fraction of sp³-hybridized carbons (Fsp3) is 0.385. The molecule has 0 aromatic carbocycles. The van der Waals surface area contributed by atoms with E-state index >= 15 is 0 Å². The summed E-state index contributed by atoms with van der Waals surface area (Å²) in [6.07, 6.45) is 3.38. The molecule has 2 aromatic heterocycles. The lowest BCUT2D eigenvalue weighted by Gasteiger charge is -2.13. The maximum absolute atomic E-state index is 11.7. The molecule has 0 radical (unpaired) electrons. The largest absolute Gasteiger partial charge is 0.363 e. The number of aromatic nitrogens is 4. The zero-order chi connectivity index (χ0) is 14.5. The number of amides is 1. The van der Waals surface area contributed by atoms with E-state index in [1.165, 1.54) is 0 Å². The molecule has 2 rings (SSSR count). The number of aryl methyl sites for hydroxylation is 1. The van der Waals surface area contributed by atoms with Gasteiger partial charge in [0.2, 0.25) is 5.91 Å². The molecule has 2 heterocycles. The molecule has 7 heteroatoms. The fourth-order valence-electron chi connectivity index (χ4n) is 1.69. The van der Waals surface area contributed by atoms with Gasteiger partial charge in [0.1, 0.15) is 18.2 Å². The summed E-state index contributed by atoms with van der Waals surface area (Å²) in [6, 6.07) is 3.68. The highest BCUT2D eigenvalue weighted by Crippen LogP contribution is 2.08. The van der Waals surface area contributed by atoms with E-state index in [2.05, 4.69) is 20.4 Å². The molecule has 0 aliphatic carbocycles. The predicted octanol–water partition coefficient (Wildman–Crippen LogP) is 0.364. The van der Waals surface area contributed by atoms with Gasteiger partial charge in [0.15, 0.2) is 0 Å². The molecule has 0 aliphatic rings. The van der Waals surface area contributed by atoms with Gasteiger partial charge in [-0.25, -0.2) is 9.97 Å². The van der Waals surface area contributed by atoms with E-state index < -0.39 is 0 Å². The van der Waals surface area contributed by atoms with Gasteiger partial charge in [-0.05, 0) is 13.0 Å². The van der Waals surface area contributed by atoms with Crippen molar-refractivity contribution in [3.05, 3.63) is 36.0 Å². The SMILES string of the molecule is Cc1cc(N(C)C)nc(CNC(=O)Cn2cccn2)n1. The van der Waals surface area contributed by atoms with Crippen molar-refractivity contribution in [1.29, 1.82) is 0 Å². The van der Waals surface area contributed by atoms with Gasteiger partial charge >= 0.3 is 0 Å². The second-order valence-electron chi connectivity index (χ2n) is 4.66. The highest BCUT2D eigenvalue weighted by molar-refractivity contribution is 5.75. The zero-order valence-electron chi connectivity index (χ0n) is 11.9. The minimum absolute atomic E-state index is 0.120. The molecule has 0 bridgehead atoms. The molecule has 0 fully saturated rings. The quantitative estimate of drug-likeness (QED) is 0.852. The lowest BCUT2D eigenvalue weighted by atomic mass is 10.4. The minimum atomic E-state index is -0.120. The van der Waals surface area contributed by atoms with Crippen molar-refractivity contribution >= 4 is 11.7 Å². The Bertz CT molecular complexity index is 579. The monoisotopic (exact) mass is 274 g/mol. The highest BCUT2D eigenvalue weighted by Gasteiger charge is 2.07. The van der Waals surface area contributed by atoms with Crippen LogP contribution in [0.15, 0.2) is 24.5 Å². The molecule has 7 nitrogen and oxygen atoms in total. The molecule has 2 aromatic rings. The van der Waals surface area contributed by atoms with Gasteiger partial charge in [-0.15, -0.1) is 0 Å². The zero-order valence-corrected chi connectivity index (χ0v) is 11.9. The normalized spacial score (nSPS) is 10.3. The van der Waals surface area contributed by atoms with E-state index in [0.717, 1.165) is 11.5 Å². The molecule has 0 atom stereocenters. The molecule has 0 saturated heterocycles. The third-order valence-corrected chi connectivity index (χ3v) is 2.65. The Morgan fingerprint density at radius 1 is 1.40 bits per heavy atom. The molecule has 1 N–H and O–H groups in total. The summed E-state index contributed by atoms with van der Waals surface area (Å²) >= 11 is 0. The average Bonchev–Trinajstić information content (AvgIpc) is 2.88. The molecule has 20 heavy (non-hydrogen) atoms. The van der Waals surface area contributed by atoms with Crippen molar-refractivity contribution in [3.63, 3.8) is 0 Å². The molecule has 0 unspecified atom stereocenters. The summed E-state index contributed by atoms with van der Waals surface area (Å²) in [4.78, 5) is 22.3. The van der Waals surface area contributed by atoms with Crippen LogP contribution < -0.4 is 10.2 Å². The molecular weight excluding hydrogens is 256 g/mol. The topological polar surface area (TPSA) is 75.9 Å². The van der Waals surface area contributed by atoms with Gasteiger partial charge < -0.3 is 10.2 Å². The summed E-state index contributed by atoms with van der Waals surface area (Å²) in [5.74, 6) is 1.31. The molecule has 106 valence electrons. The molecule has 1 amide bonds. The van der Waals surface area contributed by atoms with Crippen molar-refractivity contribution < 1.29 is 4.79 Å². The summed E-state index contributed by atoms with van der Waals surface area (Å²) in [5, 5.41) is 6.77. The van der Waals surface area contributed by atoms with Crippen LogP contribution >= 0.6 is 0 Å². The average molecular weight is 274 g/mol. The van der Waals surface area contributed by atoms with Crippen LogP contribution in [0.3, 0.4) is 0 Å². The van der Waals surface area contributed by atoms with Gasteiger partial charge in [-0.3, -0.25) is 9.48 Å². The molecule has 0 spiro atoms. The number of carbonyl (C=O) groups is 1. The van der Waals surface area contributed by atoms with Crippen LogP contribution in [0, 0.1) is 6.92 Å². The van der Waals surface area contributed by atoms with E-state index in [-0.39, 0.29) is 12.5 Å². The Labute approximate surface area is 117 Å². The Kier molecular flexibility index (Phi) is 4.29. The van der Waals surface area contributed by atoms with Gasteiger partial charge in [-0.2, -0.15) is 5.10 Å². The van der Waals surface area contributed by atoms with E-state index in [0.29, 0.717) is 12.4 Å². The predicted molar refractivity (Wildman–Crippen MR) is 75.2 cm³/mol. The number of hydrogen-bond donors (Lipinski definition) is 1. The van der Waals surface area contributed by atoms with Crippen LogP contribution in [0.2, 0.25) is 0 Å². The summed E-state index contributed by atoms with van der Waals surface area (Å²) in [6.45, 7) is 2.41. The van der Waals surface area contributed by atoms with Crippen LogP contribution in [0.5, 0.6) is 0 Å². The molecule has 0 aliphatic heterocycles. The molecule has 0 saturated carbocycles. The van der Waals surface area contributed by atoms with Crippen molar-refractivity contribution in [2.45, 2.75) is 20.0 Å². The number of hydrogen-bond acceptors (Lipinski definition) is 5. The van der Waals surface area contributed by atoms with Crippen molar-refractivity contribution in [3.8, 4) is 0 Å². The van der Waals surface area contributed by atoms with Crippen LogP contribution in [0.4, 0.5) is 5.82 Å². The lowest BCUT2D eigenvalue weighted by molar-refractivity contribution is -0.122. The number of carbonyl (C=O) groups excluding carboxylic acids is 1.